The molecule has 0 fully saturated rings. The molecule has 2 N–H and O–H groups in total. The summed E-state index contributed by atoms with van der Waals surface area (Å²) in [4.78, 5) is 0. The maximum absolute atomic E-state index is 9.59. The first-order chi connectivity index (χ1) is 8.06. The molecule has 0 bridgehead atoms. The van der Waals surface area contributed by atoms with Crippen LogP contribution < -0.4 is 5.32 Å². The molecule has 0 aliphatic rings. The molecule has 1 rings (SSSR count). The Kier molecular flexibility index (Phi) is 5.61. The summed E-state index contributed by atoms with van der Waals surface area (Å²) in [5.41, 5.74) is 3.40. The minimum absolute atomic E-state index is 0.383. The molecule has 0 aliphatic carbocycles. The highest BCUT2D eigenvalue weighted by atomic mass is 16.5. The molecule has 5 heteroatoms. The molecule has 0 aromatic carbocycles. The number of ether oxygens (including phenoxy) is 1. The predicted octanol–water partition coefficient (Wildman–Crippen LogP) is 0.524. The minimum Gasteiger partial charge on any atom is -0.389 e. The number of aliphatic hydroxyl groups is 1. The average molecular weight is 241 g/mol. The first-order valence-electron chi connectivity index (χ1n) is 6.01. The van der Waals surface area contributed by atoms with Crippen LogP contribution in [0.3, 0.4) is 0 Å². The van der Waals surface area contributed by atoms with Gasteiger partial charge in [0, 0.05) is 38.0 Å². The van der Waals surface area contributed by atoms with Crippen molar-refractivity contribution in [1.29, 1.82) is 0 Å². The van der Waals surface area contributed by atoms with E-state index in [1.165, 1.54) is 5.56 Å². The molecule has 0 saturated heterocycles. The molecule has 0 radical (unpaired) electrons. The van der Waals surface area contributed by atoms with Crippen LogP contribution in [0.4, 0.5) is 0 Å². The molecule has 1 atom stereocenters. The van der Waals surface area contributed by atoms with E-state index in [0.29, 0.717) is 19.8 Å². The standard InChI is InChI=1S/C12H23N3O2/c1-5-17-8-11(16)6-13-7-12-9(2)14-15(4)10(12)3/h11,13,16H,5-8H2,1-4H3. The number of hydrogen-bond acceptors (Lipinski definition) is 4. The molecule has 0 aliphatic heterocycles. The van der Waals surface area contributed by atoms with E-state index in [-0.39, 0.29) is 0 Å². The number of aryl methyl sites for hydroxylation is 2. The fourth-order valence-electron chi connectivity index (χ4n) is 1.75. The number of rotatable bonds is 7. The lowest BCUT2D eigenvalue weighted by Crippen LogP contribution is -2.30. The lowest BCUT2D eigenvalue weighted by Gasteiger charge is -2.11. The second-order valence-corrected chi connectivity index (χ2v) is 4.22. The topological polar surface area (TPSA) is 59.3 Å². The Morgan fingerprint density at radius 2 is 2.18 bits per heavy atom. The van der Waals surface area contributed by atoms with E-state index in [4.69, 9.17) is 4.74 Å². The van der Waals surface area contributed by atoms with Gasteiger partial charge in [-0.3, -0.25) is 4.68 Å². The van der Waals surface area contributed by atoms with Crippen LogP contribution in [0.2, 0.25) is 0 Å². The second kappa shape index (κ2) is 6.74. The Bertz CT molecular complexity index is 350. The van der Waals surface area contributed by atoms with Gasteiger partial charge in [0.05, 0.1) is 18.4 Å². The Hall–Kier alpha value is -0.910. The zero-order valence-electron chi connectivity index (χ0n) is 11.2. The number of aromatic nitrogens is 2. The van der Waals surface area contributed by atoms with Crippen molar-refractivity contribution in [2.45, 2.75) is 33.4 Å². The molecule has 98 valence electrons. The van der Waals surface area contributed by atoms with E-state index < -0.39 is 6.10 Å². The van der Waals surface area contributed by atoms with Gasteiger partial charge in [-0.05, 0) is 20.8 Å². The summed E-state index contributed by atoms with van der Waals surface area (Å²) in [6, 6.07) is 0. The Morgan fingerprint density at radius 1 is 1.47 bits per heavy atom. The Morgan fingerprint density at radius 3 is 2.71 bits per heavy atom. The quantitative estimate of drug-likeness (QED) is 0.731. The number of aliphatic hydroxyl groups excluding tert-OH is 1. The Labute approximate surface area is 103 Å². The average Bonchev–Trinajstić information content (AvgIpc) is 2.53. The molecule has 1 aromatic heterocycles. The fourth-order valence-corrected chi connectivity index (χ4v) is 1.75. The van der Waals surface area contributed by atoms with E-state index >= 15 is 0 Å². The third-order valence-electron chi connectivity index (χ3n) is 2.85. The third kappa shape index (κ3) is 4.11. The summed E-state index contributed by atoms with van der Waals surface area (Å²) in [5.74, 6) is 0. The van der Waals surface area contributed by atoms with Gasteiger partial charge in [0.1, 0.15) is 0 Å². The van der Waals surface area contributed by atoms with Crippen LogP contribution in [0.5, 0.6) is 0 Å². The van der Waals surface area contributed by atoms with E-state index in [0.717, 1.165) is 17.9 Å². The maximum Gasteiger partial charge on any atom is 0.0897 e. The molecule has 1 heterocycles. The summed E-state index contributed by atoms with van der Waals surface area (Å²) < 4.78 is 7.02. The van der Waals surface area contributed by atoms with Crippen LogP contribution in [0.15, 0.2) is 0 Å². The molecule has 0 saturated carbocycles. The van der Waals surface area contributed by atoms with E-state index in [2.05, 4.69) is 10.4 Å². The summed E-state index contributed by atoms with van der Waals surface area (Å²) in [6.07, 6.45) is -0.452. The maximum atomic E-state index is 9.59. The molecule has 17 heavy (non-hydrogen) atoms. The molecule has 1 aromatic rings. The number of nitrogens with one attached hydrogen (secondary N) is 1. The molecule has 0 amide bonds. The molecule has 5 nitrogen and oxygen atoms in total. The highest BCUT2D eigenvalue weighted by molar-refractivity contribution is 5.23. The van der Waals surface area contributed by atoms with Crippen molar-refractivity contribution < 1.29 is 9.84 Å². The van der Waals surface area contributed by atoms with E-state index in [1.54, 1.807) is 0 Å². The first kappa shape index (κ1) is 14.2. The van der Waals surface area contributed by atoms with Gasteiger partial charge in [0.2, 0.25) is 0 Å². The highest BCUT2D eigenvalue weighted by Crippen LogP contribution is 2.10. The van der Waals surface area contributed by atoms with Crippen molar-refractivity contribution in [2.75, 3.05) is 19.8 Å². The summed E-state index contributed by atoms with van der Waals surface area (Å²) in [7, 11) is 1.94. The van der Waals surface area contributed by atoms with Gasteiger partial charge in [-0.15, -0.1) is 0 Å². The number of nitrogens with zero attached hydrogens (tertiary/aromatic N) is 2. The van der Waals surface area contributed by atoms with Gasteiger partial charge in [-0.1, -0.05) is 0 Å². The van der Waals surface area contributed by atoms with Crippen LogP contribution in [-0.4, -0.2) is 40.7 Å². The van der Waals surface area contributed by atoms with Gasteiger partial charge in [-0.25, -0.2) is 0 Å². The van der Waals surface area contributed by atoms with Crippen LogP contribution in [0.1, 0.15) is 23.9 Å². The largest absolute Gasteiger partial charge is 0.389 e. The predicted molar refractivity (Wildman–Crippen MR) is 66.9 cm³/mol. The molecular weight excluding hydrogens is 218 g/mol. The van der Waals surface area contributed by atoms with E-state index in [9.17, 15) is 5.11 Å². The lowest BCUT2D eigenvalue weighted by atomic mass is 10.2. The smallest absolute Gasteiger partial charge is 0.0897 e. The number of hydrogen-bond donors (Lipinski definition) is 2. The van der Waals surface area contributed by atoms with Crippen LogP contribution in [-0.2, 0) is 18.3 Å². The summed E-state index contributed by atoms with van der Waals surface area (Å²) in [6.45, 7) is 8.26. The summed E-state index contributed by atoms with van der Waals surface area (Å²) >= 11 is 0. The zero-order chi connectivity index (χ0) is 12.8. The molecular formula is C12H23N3O2. The normalized spacial score (nSPS) is 13.0. The van der Waals surface area contributed by atoms with Gasteiger partial charge >= 0.3 is 0 Å². The SMILES string of the molecule is CCOCC(O)CNCc1c(C)nn(C)c1C. The first-order valence-corrected chi connectivity index (χ1v) is 6.01. The minimum atomic E-state index is -0.452. The van der Waals surface area contributed by atoms with Gasteiger partial charge < -0.3 is 15.2 Å². The van der Waals surface area contributed by atoms with Gasteiger partial charge in [0.15, 0.2) is 0 Å². The molecule has 0 spiro atoms. The fraction of sp³-hybridized carbons (Fsp3) is 0.750. The second-order valence-electron chi connectivity index (χ2n) is 4.22. The van der Waals surface area contributed by atoms with E-state index in [1.807, 2.05) is 32.5 Å². The monoisotopic (exact) mass is 241 g/mol. The van der Waals surface area contributed by atoms with Crippen molar-refractivity contribution in [3.05, 3.63) is 17.0 Å². The van der Waals surface area contributed by atoms with Crippen molar-refractivity contribution in [2.24, 2.45) is 7.05 Å². The van der Waals surface area contributed by atoms with Crippen LogP contribution in [0.25, 0.3) is 0 Å². The molecule has 1 unspecified atom stereocenters. The van der Waals surface area contributed by atoms with Crippen molar-refractivity contribution >= 4 is 0 Å². The lowest BCUT2D eigenvalue weighted by molar-refractivity contribution is 0.0427. The Balaban J connectivity index is 2.35. The third-order valence-corrected chi connectivity index (χ3v) is 2.85. The van der Waals surface area contributed by atoms with Crippen LogP contribution >= 0.6 is 0 Å². The van der Waals surface area contributed by atoms with Crippen molar-refractivity contribution in [3.63, 3.8) is 0 Å². The van der Waals surface area contributed by atoms with Crippen molar-refractivity contribution in [1.82, 2.24) is 15.1 Å². The van der Waals surface area contributed by atoms with Crippen LogP contribution in [0, 0.1) is 13.8 Å². The highest BCUT2D eigenvalue weighted by Gasteiger charge is 2.09. The zero-order valence-corrected chi connectivity index (χ0v) is 11.2. The van der Waals surface area contributed by atoms with Gasteiger partial charge in [-0.2, -0.15) is 5.10 Å². The summed E-state index contributed by atoms with van der Waals surface area (Å²) in [5, 5.41) is 17.2. The van der Waals surface area contributed by atoms with Crippen molar-refractivity contribution in [3.8, 4) is 0 Å². The van der Waals surface area contributed by atoms with Gasteiger partial charge in [0.25, 0.3) is 0 Å².